The van der Waals surface area contributed by atoms with Crippen LogP contribution < -0.4 is 10.1 Å². The number of aliphatic imine (C=N–C) groups is 2. The van der Waals surface area contributed by atoms with Crippen LogP contribution >= 0.6 is 0 Å². The molecule has 0 radical (unpaired) electrons. The zero-order chi connectivity index (χ0) is 23.2. The number of aliphatic hydroxyl groups excluding tert-OH is 1. The number of hydrogen-bond donors (Lipinski definition) is 2. The Bertz CT molecular complexity index is 1150. The molecule has 2 aliphatic heterocycles. The molecule has 4 rings (SSSR count). The first-order chi connectivity index (χ1) is 15.2. The van der Waals surface area contributed by atoms with Crippen molar-refractivity contribution in [2.24, 2.45) is 9.98 Å². The molecule has 2 amide bonds. The molecule has 1 atom stereocenters. The van der Waals surface area contributed by atoms with Crippen molar-refractivity contribution in [1.82, 2.24) is 14.8 Å². The Hall–Kier alpha value is -3.67. The van der Waals surface area contributed by atoms with E-state index in [1.807, 2.05) is 0 Å². The molecular weight excluding hydrogens is 429 g/mol. The predicted octanol–water partition coefficient (Wildman–Crippen LogP) is 2.55. The minimum absolute atomic E-state index is 0.0402. The van der Waals surface area contributed by atoms with Gasteiger partial charge >= 0.3 is 6.03 Å². The van der Waals surface area contributed by atoms with Crippen molar-refractivity contribution in [2.45, 2.75) is 19.6 Å². The number of benzene rings is 1. The van der Waals surface area contributed by atoms with Crippen LogP contribution in [0.1, 0.15) is 22.9 Å². The van der Waals surface area contributed by atoms with Crippen molar-refractivity contribution in [3.63, 3.8) is 0 Å². The third-order valence-electron chi connectivity index (χ3n) is 5.20. The molecule has 0 bridgehead atoms. The smallest absolute Gasteiger partial charge is 0.353 e. The van der Waals surface area contributed by atoms with E-state index in [9.17, 15) is 23.1 Å². The third-order valence-corrected chi connectivity index (χ3v) is 5.20. The van der Waals surface area contributed by atoms with E-state index in [1.165, 1.54) is 24.0 Å². The van der Waals surface area contributed by atoms with Crippen LogP contribution in [0, 0.1) is 24.4 Å². The van der Waals surface area contributed by atoms with Crippen molar-refractivity contribution in [1.29, 1.82) is 0 Å². The van der Waals surface area contributed by atoms with Gasteiger partial charge in [0.05, 0.1) is 37.7 Å². The van der Waals surface area contributed by atoms with Gasteiger partial charge in [-0.1, -0.05) is 0 Å². The van der Waals surface area contributed by atoms with E-state index in [2.05, 4.69) is 20.3 Å². The number of hydrogen-bond acceptors (Lipinski definition) is 7. The Morgan fingerprint density at radius 3 is 2.56 bits per heavy atom. The molecule has 1 unspecified atom stereocenters. The number of pyridine rings is 1. The average Bonchev–Trinajstić information content (AvgIpc) is 3.22. The molecule has 9 nitrogen and oxygen atoms in total. The zero-order valence-corrected chi connectivity index (χ0v) is 17.4. The first-order valence-electron chi connectivity index (χ1n) is 9.52. The summed E-state index contributed by atoms with van der Waals surface area (Å²) in [6.07, 6.45) is 0. The van der Waals surface area contributed by atoms with E-state index in [-0.39, 0.29) is 36.5 Å². The van der Waals surface area contributed by atoms with Crippen LogP contribution in [-0.2, 0) is 6.61 Å². The maximum absolute atomic E-state index is 13.9. The quantitative estimate of drug-likeness (QED) is 0.697. The molecule has 3 heterocycles. The number of anilines is 1. The second-order valence-electron chi connectivity index (χ2n) is 7.17. The number of urea groups is 1. The number of carbonyl (C=O) groups is 1. The SMILES string of the molecule is COc1nc(C)c(NC2=NC(=O)N(C)C3=NCC(c4cc(F)c(F)c(F)c4)N23)cc1CO. The molecule has 0 saturated carbocycles. The number of rotatable bonds is 4. The molecule has 1 aromatic heterocycles. The molecule has 0 fully saturated rings. The highest BCUT2D eigenvalue weighted by atomic mass is 19.2. The molecule has 2 aromatic rings. The molecule has 2 aliphatic rings. The normalized spacial score (nSPS) is 17.8. The van der Waals surface area contributed by atoms with Gasteiger partial charge in [0.2, 0.25) is 17.8 Å². The van der Waals surface area contributed by atoms with Crippen LogP contribution in [-0.4, -0.2) is 58.5 Å². The zero-order valence-electron chi connectivity index (χ0n) is 17.4. The van der Waals surface area contributed by atoms with E-state index in [0.717, 1.165) is 12.1 Å². The van der Waals surface area contributed by atoms with E-state index >= 15 is 0 Å². The van der Waals surface area contributed by atoms with Gasteiger partial charge < -0.3 is 15.2 Å². The molecule has 168 valence electrons. The predicted molar refractivity (Wildman–Crippen MR) is 109 cm³/mol. The number of aryl methyl sites for hydroxylation is 1. The van der Waals surface area contributed by atoms with Gasteiger partial charge in [-0.05, 0) is 30.7 Å². The minimum atomic E-state index is -1.57. The van der Waals surface area contributed by atoms with Crippen molar-refractivity contribution < 1.29 is 27.8 Å². The molecule has 0 spiro atoms. The summed E-state index contributed by atoms with van der Waals surface area (Å²) >= 11 is 0. The summed E-state index contributed by atoms with van der Waals surface area (Å²) in [6.45, 7) is 1.40. The van der Waals surface area contributed by atoms with Crippen molar-refractivity contribution >= 4 is 23.6 Å². The lowest BCUT2D eigenvalue weighted by atomic mass is 10.1. The van der Waals surface area contributed by atoms with Crippen molar-refractivity contribution in [3.8, 4) is 5.88 Å². The molecular formula is C20H19F3N6O3. The minimum Gasteiger partial charge on any atom is -0.481 e. The highest BCUT2D eigenvalue weighted by Crippen LogP contribution is 2.33. The van der Waals surface area contributed by atoms with E-state index in [1.54, 1.807) is 13.0 Å². The lowest BCUT2D eigenvalue weighted by molar-refractivity contribution is 0.230. The summed E-state index contributed by atoms with van der Waals surface area (Å²) in [5.74, 6) is -3.73. The molecule has 32 heavy (non-hydrogen) atoms. The molecule has 12 heteroatoms. The van der Waals surface area contributed by atoms with Crippen molar-refractivity contribution in [2.75, 3.05) is 26.0 Å². The van der Waals surface area contributed by atoms with Crippen molar-refractivity contribution in [3.05, 3.63) is 52.5 Å². The monoisotopic (exact) mass is 448 g/mol. The van der Waals surface area contributed by atoms with Crippen LogP contribution in [0.5, 0.6) is 5.88 Å². The topological polar surface area (TPSA) is 103 Å². The highest BCUT2D eigenvalue weighted by Gasteiger charge is 2.41. The lowest BCUT2D eigenvalue weighted by Crippen LogP contribution is -2.53. The number of guanidine groups is 2. The summed E-state index contributed by atoms with van der Waals surface area (Å²) in [6, 6.07) is 2.01. The molecule has 0 saturated heterocycles. The average molecular weight is 448 g/mol. The number of amides is 2. The second kappa shape index (κ2) is 8.11. The van der Waals surface area contributed by atoms with E-state index < -0.39 is 29.5 Å². The van der Waals surface area contributed by atoms with Gasteiger partial charge in [-0.3, -0.25) is 9.80 Å². The maximum atomic E-state index is 13.9. The summed E-state index contributed by atoms with van der Waals surface area (Å²) in [5.41, 5.74) is 1.43. The first kappa shape index (κ1) is 21.6. The number of aromatic nitrogens is 1. The van der Waals surface area contributed by atoms with E-state index in [0.29, 0.717) is 16.9 Å². The fourth-order valence-electron chi connectivity index (χ4n) is 3.55. The Balaban J connectivity index is 1.75. The van der Waals surface area contributed by atoms with Gasteiger partial charge in [0.25, 0.3) is 0 Å². The fraction of sp³-hybridized carbons (Fsp3) is 0.300. The molecule has 2 N–H and O–H groups in total. The van der Waals surface area contributed by atoms with Crippen LogP contribution in [0.2, 0.25) is 0 Å². The summed E-state index contributed by atoms with van der Waals surface area (Å²) in [4.78, 5) is 27.7. The second-order valence-corrected chi connectivity index (χ2v) is 7.17. The summed E-state index contributed by atoms with van der Waals surface area (Å²) in [7, 11) is 2.89. The number of fused-ring (bicyclic) bond motifs is 1. The fourth-order valence-corrected chi connectivity index (χ4v) is 3.55. The summed E-state index contributed by atoms with van der Waals surface area (Å²) in [5, 5.41) is 12.6. The van der Waals surface area contributed by atoms with Crippen LogP contribution in [0.3, 0.4) is 0 Å². The summed E-state index contributed by atoms with van der Waals surface area (Å²) < 4.78 is 46.4. The number of nitrogens with zero attached hydrogens (tertiary/aromatic N) is 5. The Morgan fingerprint density at radius 1 is 1.25 bits per heavy atom. The number of carbonyl (C=O) groups excluding carboxylic acids is 1. The number of aliphatic hydroxyl groups is 1. The largest absolute Gasteiger partial charge is 0.481 e. The highest BCUT2D eigenvalue weighted by molar-refractivity contribution is 6.17. The van der Waals surface area contributed by atoms with Gasteiger partial charge in [-0.25, -0.2) is 27.9 Å². The van der Waals surface area contributed by atoms with Gasteiger partial charge in [0.15, 0.2) is 17.5 Å². The Labute approximate surface area is 180 Å². The van der Waals surface area contributed by atoms with Crippen LogP contribution in [0.4, 0.5) is 23.7 Å². The third kappa shape index (κ3) is 3.51. The number of ether oxygens (including phenoxy) is 1. The Morgan fingerprint density at radius 2 is 1.94 bits per heavy atom. The number of methoxy groups -OCH3 is 1. The Kier molecular flexibility index (Phi) is 5.46. The molecule has 0 aliphatic carbocycles. The lowest BCUT2D eigenvalue weighted by Gasteiger charge is -2.35. The van der Waals surface area contributed by atoms with E-state index in [4.69, 9.17) is 4.74 Å². The van der Waals surface area contributed by atoms with Crippen LogP contribution in [0.25, 0.3) is 0 Å². The van der Waals surface area contributed by atoms with Gasteiger partial charge in [-0.15, -0.1) is 0 Å². The number of nitrogens with one attached hydrogen (secondary N) is 1. The molecule has 1 aromatic carbocycles. The van der Waals surface area contributed by atoms with Crippen LogP contribution in [0.15, 0.2) is 28.2 Å². The van der Waals surface area contributed by atoms with Gasteiger partial charge in [-0.2, -0.15) is 4.99 Å². The van der Waals surface area contributed by atoms with Gasteiger partial charge in [0.1, 0.15) is 0 Å². The maximum Gasteiger partial charge on any atom is 0.353 e. The van der Waals surface area contributed by atoms with Gasteiger partial charge in [0, 0.05) is 12.6 Å². The number of halogens is 3. The first-order valence-corrected chi connectivity index (χ1v) is 9.52. The standard InChI is InChI=1S/C20H19F3N6O3/c1-9-14(6-11(8-30)17(25-9)32-3)26-18-27-20(31)28(2)19-24-7-15(29(18)19)10-4-12(21)16(23)13(22)5-10/h4-6,15,30H,7-8H2,1-3H3,(H,26,27,31).